The van der Waals surface area contributed by atoms with Crippen molar-refractivity contribution in [2.45, 2.75) is 44.7 Å². The van der Waals surface area contributed by atoms with Gasteiger partial charge >= 0.3 is 12.1 Å². The highest BCUT2D eigenvalue weighted by molar-refractivity contribution is 5.89. The van der Waals surface area contributed by atoms with Crippen LogP contribution in [0.25, 0.3) is 11.1 Å². The number of hydrogen-bond acceptors (Lipinski definition) is 5. The monoisotopic (exact) mass is 557 g/mol. The molecule has 3 aromatic carbocycles. The maximum absolute atomic E-state index is 13.2. The first kappa shape index (κ1) is 29.3. The Hall–Kier alpha value is -4.66. The Labute approximate surface area is 239 Å². The summed E-state index contributed by atoms with van der Waals surface area (Å²) in [5.41, 5.74) is 4.41. The first-order valence-corrected chi connectivity index (χ1v) is 13.5. The van der Waals surface area contributed by atoms with Gasteiger partial charge in [-0.1, -0.05) is 78.9 Å². The van der Waals surface area contributed by atoms with Crippen LogP contribution in [0, 0.1) is 0 Å². The number of nitrogens with one attached hydrogen (secondary N) is 2. The van der Waals surface area contributed by atoms with Crippen LogP contribution in [0.5, 0.6) is 0 Å². The maximum atomic E-state index is 13.2. The van der Waals surface area contributed by atoms with Gasteiger partial charge in [-0.3, -0.25) is 14.5 Å². The molecule has 0 unspecified atom stereocenters. The molecule has 4 rings (SSSR count). The second kappa shape index (κ2) is 12.7. The van der Waals surface area contributed by atoms with Crippen LogP contribution in [0.2, 0.25) is 0 Å². The number of carboxylic acid groups (broad SMARTS) is 1. The molecule has 0 aromatic heterocycles. The van der Waals surface area contributed by atoms with Crippen molar-refractivity contribution in [3.05, 3.63) is 95.6 Å². The van der Waals surface area contributed by atoms with Crippen molar-refractivity contribution in [1.82, 2.24) is 15.5 Å². The fraction of sp³-hybridized carbons (Fsp3) is 0.312. The minimum absolute atomic E-state index is 0.107. The van der Waals surface area contributed by atoms with Crippen LogP contribution in [0.15, 0.2) is 78.9 Å². The van der Waals surface area contributed by atoms with Gasteiger partial charge in [0.2, 0.25) is 11.8 Å². The molecule has 0 spiro atoms. The van der Waals surface area contributed by atoms with Crippen molar-refractivity contribution >= 4 is 23.9 Å². The summed E-state index contributed by atoms with van der Waals surface area (Å²) >= 11 is 0. The summed E-state index contributed by atoms with van der Waals surface area (Å²) in [5, 5.41) is 14.4. The first-order valence-electron chi connectivity index (χ1n) is 13.5. The van der Waals surface area contributed by atoms with Gasteiger partial charge in [0, 0.05) is 17.9 Å². The minimum Gasteiger partial charge on any atom is -0.480 e. The number of hydrogen-bond donors (Lipinski definition) is 3. The molecule has 0 saturated heterocycles. The van der Waals surface area contributed by atoms with E-state index in [0.29, 0.717) is 0 Å². The molecule has 9 nitrogen and oxygen atoms in total. The standard InChI is InChI=1S/C32H35N3O6/c1-32(2,3)35(19-29(37)33-18-28(36)34-27(30(38)39)17-21-11-5-4-6-12-21)31(40)41-20-26-24-15-9-7-13-22(24)23-14-8-10-16-25(23)26/h4-16,26-27H,17-20H2,1-3H3,(H,33,37)(H,34,36)(H,38,39)/t27-/m0/s1. The van der Waals surface area contributed by atoms with Gasteiger partial charge < -0.3 is 20.5 Å². The predicted octanol–water partition coefficient (Wildman–Crippen LogP) is 3.96. The van der Waals surface area contributed by atoms with Crippen molar-refractivity contribution in [2.24, 2.45) is 0 Å². The maximum Gasteiger partial charge on any atom is 0.410 e. The normalized spacial score (nSPS) is 13.0. The quantitative estimate of drug-likeness (QED) is 0.347. The number of carbonyl (C=O) groups excluding carboxylic acids is 3. The molecule has 3 amide bonds. The third kappa shape index (κ3) is 7.30. The second-order valence-electron chi connectivity index (χ2n) is 11.0. The smallest absolute Gasteiger partial charge is 0.410 e. The molecular weight excluding hydrogens is 522 g/mol. The Kier molecular flexibility index (Phi) is 9.07. The lowest BCUT2D eigenvalue weighted by Gasteiger charge is -2.34. The van der Waals surface area contributed by atoms with E-state index in [1.807, 2.05) is 42.5 Å². The average molecular weight is 558 g/mol. The molecule has 3 N–H and O–H groups in total. The van der Waals surface area contributed by atoms with Crippen LogP contribution in [-0.2, 0) is 25.5 Å². The first-order chi connectivity index (χ1) is 19.5. The topological polar surface area (TPSA) is 125 Å². The molecule has 0 radical (unpaired) electrons. The molecule has 1 aliphatic rings. The van der Waals surface area contributed by atoms with Gasteiger partial charge in [0.15, 0.2) is 0 Å². The number of ether oxygens (including phenoxy) is 1. The molecule has 0 bridgehead atoms. The number of benzene rings is 3. The summed E-state index contributed by atoms with van der Waals surface area (Å²) < 4.78 is 5.75. The second-order valence-corrected chi connectivity index (χ2v) is 11.0. The summed E-state index contributed by atoms with van der Waals surface area (Å²) in [6.07, 6.45) is -0.539. The van der Waals surface area contributed by atoms with E-state index in [2.05, 4.69) is 22.8 Å². The number of aliphatic carboxylic acids is 1. The zero-order valence-corrected chi connectivity index (χ0v) is 23.4. The van der Waals surface area contributed by atoms with E-state index in [0.717, 1.165) is 27.8 Å². The van der Waals surface area contributed by atoms with E-state index in [1.54, 1.807) is 45.0 Å². The lowest BCUT2D eigenvalue weighted by Crippen LogP contribution is -2.52. The van der Waals surface area contributed by atoms with Gasteiger partial charge in [0.1, 0.15) is 19.2 Å². The predicted molar refractivity (Wildman–Crippen MR) is 154 cm³/mol. The third-order valence-electron chi connectivity index (χ3n) is 7.03. The van der Waals surface area contributed by atoms with E-state index in [9.17, 15) is 24.3 Å². The molecular formula is C32H35N3O6. The highest BCUT2D eigenvalue weighted by atomic mass is 16.6. The number of amides is 3. The number of fused-ring (bicyclic) bond motifs is 3. The van der Waals surface area contributed by atoms with Crippen molar-refractivity contribution in [3.63, 3.8) is 0 Å². The number of nitrogens with zero attached hydrogens (tertiary/aromatic N) is 1. The summed E-state index contributed by atoms with van der Waals surface area (Å²) in [4.78, 5) is 51.3. The van der Waals surface area contributed by atoms with Crippen LogP contribution in [0.4, 0.5) is 4.79 Å². The lowest BCUT2D eigenvalue weighted by molar-refractivity contribution is -0.141. The van der Waals surface area contributed by atoms with Gasteiger partial charge in [0.05, 0.1) is 6.54 Å². The summed E-state index contributed by atoms with van der Waals surface area (Å²) in [6.45, 7) is 4.71. The SMILES string of the molecule is CC(C)(C)N(CC(=O)NCC(=O)N[C@@H](Cc1ccccc1)C(=O)O)C(=O)OCC1c2ccccc2-c2ccccc21. The van der Waals surface area contributed by atoms with E-state index in [-0.39, 0.29) is 25.5 Å². The Morgan fingerprint density at radius 2 is 1.41 bits per heavy atom. The van der Waals surface area contributed by atoms with Crippen LogP contribution in [0.3, 0.4) is 0 Å². The Morgan fingerprint density at radius 3 is 1.98 bits per heavy atom. The van der Waals surface area contributed by atoms with E-state index in [4.69, 9.17) is 4.74 Å². The van der Waals surface area contributed by atoms with Crippen molar-refractivity contribution < 1.29 is 29.0 Å². The molecule has 0 heterocycles. The van der Waals surface area contributed by atoms with Gasteiger partial charge in [-0.25, -0.2) is 9.59 Å². The highest BCUT2D eigenvalue weighted by Gasteiger charge is 2.33. The summed E-state index contributed by atoms with van der Waals surface area (Å²) in [5.74, 6) is -2.52. The highest BCUT2D eigenvalue weighted by Crippen LogP contribution is 2.44. The van der Waals surface area contributed by atoms with Crippen LogP contribution in [-0.4, -0.2) is 65.2 Å². The van der Waals surface area contributed by atoms with E-state index < -0.39 is 42.0 Å². The zero-order valence-electron chi connectivity index (χ0n) is 23.4. The van der Waals surface area contributed by atoms with Crippen molar-refractivity contribution in [2.75, 3.05) is 19.7 Å². The average Bonchev–Trinajstić information content (AvgIpc) is 3.26. The third-order valence-corrected chi connectivity index (χ3v) is 7.03. The van der Waals surface area contributed by atoms with Crippen LogP contribution < -0.4 is 10.6 Å². The summed E-state index contributed by atoms with van der Waals surface area (Å²) in [7, 11) is 0. The van der Waals surface area contributed by atoms with Gasteiger partial charge in [-0.2, -0.15) is 0 Å². The van der Waals surface area contributed by atoms with Crippen LogP contribution in [0.1, 0.15) is 43.4 Å². The Balaban J connectivity index is 1.33. The van der Waals surface area contributed by atoms with Crippen molar-refractivity contribution in [1.29, 1.82) is 0 Å². The molecule has 214 valence electrons. The molecule has 9 heteroatoms. The zero-order chi connectivity index (χ0) is 29.6. The lowest BCUT2D eigenvalue weighted by atomic mass is 9.98. The molecule has 41 heavy (non-hydrogen) atoms. The number of rotatable bonds is 10. The van der Waals surface area contributed by atoms with Crippen LogP contribution >= 0.6 is 0 Å². The minimum atomic E-state index is -1.18. The molecule has 0 saturated carbocycles. The Morgan fingerprint density at radius 1 is 0.854 bits per heavy atom. The van der Waals surface area contributed by atoms with Gasteiger partial charge in [0.25, 0.3) is 0 Å². The molecule has 1 atom stereocenters. The molecule has 0 aliphatic heterocycles. The Bertz CT molecular complexity index is 1370. The molecule has 1 aliphatic carbocycles. The van der Waals surface area contributed by atoms with Gasteiger partial charge in [-0.15, -0.1) is 0 Å². The fourth-order valence-electron chi connectivity index (χ4n) is 4.92. The largest absolute Gasteiger partial charge is 0.480 e. The van der Waals surface area contributed by atoms with E-state index in [1.165, 1.54) is 4.90 Å². The van der Waals surface area contributed by atoms with E-state index >= 15 is 0 Å². The number of carboxylic acids is 1. The van der Waals surface area contributed by atoms with Gasteiger partial charge in [-0.05, 0) is 48.6 Å². The fourth-order valence-corrected chi connectivity index (χ4v) is 4.92. The summed E-state index contributed by atoms with van der Waals surface area (Å²) in [6, 6.07) is 23.8. The number of carbonyl (C=O) groups is 4. The van der Waals surface area contributed by atoms with Crippen molar-refractivity contribution in [3.8, 4) is 11.1 Å². The molecule has 0 fully saturated rings. The molecule has 3 aromatic rings.